The van der Waals surface area contributed by atoms with Crippen molar-refractivity contribution >= 4 is 11.8 Å². The molecule has 0 heterocycles. The van der Waals surface area contributed by atoms with Crippen molar-refractivity contribution < 1.29 is 14.3 Å². The van der Waals surface area contributed by atoms with Crippen molar-refractivity contribution in [2.75, 3.05) is 0 Å². The van der Waals surface area contributed by atoms with Crippen molar-refractivity contribution in [3.8, 4) is 0 Å². The number of fused-ring (bicyclic) bond motifs is 5. The van der Waals surface area contributed by atoms with E-state index in [0.717, 1.165) is 38.5 Å². The molecule has 7 atom stereocenters. The Kier molecular flexibility index (Phi) is 4.36. The van der Waals surface area contributed by atoms with Crippen LogP contribution < -0.4 is 0 Å². The topological polar surface area (TPSA) is 43.4 Å². The first kappa shape index (κ1) is 18.3. The second-order valence-electron chi connectivity index (χ2n) is 9.90. The summed E-state index contributed by atoms with van der Waals surface area (Å²) < 4.78 is 5.87. The minimum atomic E-state index is -0.141. The predicted octanol–water partition coefficient (Wildman–Crippen LogP) is 5.09. The largest absolute Gasteiger partial charge is 0.462 e. The second-order valence-corrected chi connectivity index (χ2v) is 9.90. The molecule has 0 aliphatic heterocycles. The van der Waals surface area contributed by atoms with E-state index < -0.39 is 0 Å². The summed E-state index contributed by atoms with van der Waals surface area (Å²) in [6.07, 6.45) is 11.6. The normalized spacial score (nSPS) is 47.2. The van der Waals surface area contributed by atoms with Gasteiger partial charge in [-0.15, -0.1) is 0 Å². The molecule has 0 aromatic heterocycles. The van der Waals surface area contributed by atoms with Crippen molar-refractivity contribution in [1.82, 2.24) is 0 Å². The Morgan fingerprint density at radius 3 is 2.54 bits per heavy atom. The average Bonchev–Trinajstić information content (AvgIpc) is 2.92. The van der Waals surface area contributed by atoms with Crippen LogP contribution in [0.15, 0.2) is 11.6 Å². The number of hydrogen-bond acceptors (Lipinski definition) is 3. The number of rotatable bonds is 2. The summed E-state index contributed by atoms with van der Waals surface area (Å²) in [5.41, 5.74) is 1.73. The highest BCUT2D eigenvalue weighted by molar-refractivity contribution is 5.79. The molecule has 4 aliphatic carbocycles. The van der Waals surface area contributed by atoms with Crippen LogP contribution >= 0.6 is 0 Å². The highest BCUT2D eigenvalue weighted by Gasteiger charge is 2.61. The maximum Gasteiger partial charge on any atom is 0.302 e. The summed E-state index contributed by atoms with van der Waals surface area (Å²) in [5, 5.41) is 0. The quantitative estimate of drug-likeness (QED) is 0.510. The molecule has 3 nitrogen and oxygen atoms in total. The summed E-state index contributed by atoms with van der Waals surface area (Å²) in [6, 6.07) is 0. The van der Waals surface area contributed by atoms with Crippen LogP contribution in [0.5, 0.6) is 0 Å². The van der Waals surface area contributed by atoms with Crippen LogP contribution in [0, 0.1) is 34.5 Å². The summed E-state index contributed by atoms with van der Waals surface area (Å²) in [7, 11) is 0. The number of ketones is 1. The predicted molar refractivity (Wildman–Crippen MR) is 101 cm³/mol. The van der Waals surface area contributed by atoms with E-state index in [4.69, 9.17) is 4.74 Å². The van der Waals surface area contributed by atoms with E-state index in [2.05, 4.69) is 19.9 Å². The van der Waals surface area contributed by atoms with E-state index in [1.54, 1.807) is 19.4 Å². The Bertz CT molecular complexity index is 650. The third kappa shape index (κ3) is 2.45. The van der Waals surface area contributed by atoms with E-state index in [-0.39, 0.29) is 28.8 Å². The van der Waals surface area contributed by atoms with Crippen LogP contribution in [0.1, 0.15) is 79.1 Å². The maximum atomic E-state index is 12.3. The molecule has 3 saturated carbocycles. The standard InChI is InChI=1S/C23H34O3/c1-14(24)18-10-11-19-17-9-8-16-6-5-7-21(26-15(2)25)23(16,4)20(17)12-13-22(18,19)3/h8,17-21H,5-7,9-13H2,1-4H3/t17-,18+,19-,20-,21?,22+,23-/m0/s1. The summed E-state index contributed by atoms with van der Waals surface area (Å²) in [6.45, 7) is 8.11. The number of Topliss-reactive ketones (excluding diaryl/α,β-unsaturated/α-hetero) is 1. The van der Waals surface area contributed by atoms with Crippen molar-refractivity contribution in [3.63, 3.8) is 0 Å². The first-order valence-electron chi connectivity index (χ1n) is 10.7. The van der Waals surface area contributed by atoms with Gasteiger partial charge >= 0.3 is 5.97 Å². The monoisotopic (exact) mass is 358 g/mol. The van der Waals surface area contributed by atoms with Gasteiger partial charge in [0, 0.05) is 18.3 Å². The van der Waals surface area contributed by atoms with Gasteiger partial charge in [-0.1, -0.05) is 25.5 Å². The molecule has 3 fully saturated rings. The van der Waals surface area contributed by atoms with E-state index in [1.165, 1.54) is 12.8 Å². The second kappa shape index (κ2) is 6.21. The van der Waals surface area contributed by atoms with Gasteiger partial charge in [0.2, 0.25) is 0 Å². The highest BCUT2D eigenvalue weighted by atomic mass is 16.5. The van der Waals surface area contributed by atoms with E-state index >= 15 is 0 Å². The highest BCUT2D eigenvalue weighted by Crippen LogP contribution is 2.66. The molecule has 0 N–H and O–H groups in total. The lowest BCUT2D eigenvalue weighted by molar-refractivity contribution is -0.162. The first-order chi connectivity index (χ1) is 12.3. The fourth-order valence-corrected chi connectivity index (χ4v) is 7.74. The van der Waals surface area contributed by atoms with Gasteiger partial charge in [-0.25, -0.2) is 0 Å². The van der Waals surface area contributed by atoms with Crippen LogP contribution in [0.4, 0.5) is 0 Å². The molecule has 0 amide bonds. The molecule has 26 heavy (non-hydrogen) atoms. The SMILES string of the molecule is CC(=O)OC1CCCC2=CC[C@H]3[C@@H]4CC[C@H](C(C)=O)[C@@]4(C)CC[C@@H]3[C@]21C. The zero-order valence-electron chi connectivity index (χ0n) is 16.8. The molecule has 4 rings (SSSR count). The van der Waals surface area contributed by atoms with Gasteiger partial charge in [-0.3, -0.25) is 9.59 Å². The van der Waals surface area contributed by atoms with E-state index in [1.807, 2.05) is 0 Å². The van der Waals surface area contributed by atoms with Gasteiger partial charge in [0.05, 0.1) is 0 Å². The fraction of sp³-hybridized carbons (Fsp3) is 0.826. The van der Waals surface area contributed by atoms with Gasteiger partial charge in [-0.2, -0.15) is 0 Å². The summed E-state index contributed by atoms with van der Waals surface area (Å²) >= 11 is 0. The van der Waals surface area contributed by atoms with Crippen LogP contribution in [-0.4, -0.2) is 17.9 Å². The smallest absolute Gasteiger partial charge is 0.302 e. The van der Waals surface area contributed by atoms with Crippen LogP contribution in [0.25, 0.3) is 0 Å². The molecular weight excluding hydrogens is 324 g/mol. The first-order valence-corrected chi connectivity index (χ1v) is 10.7. The molecule has 1 unspecified atom stereocenters. The molecule has 0 radical (unpaired) electrons. The third-order valence-electron chi connectivity index (χ3n) is 8.92. The number of esters is 1. The maximum absolute atomic E-state index is 12.3. The fourth-order valence-electron chi connectivity index (χ4n) is 7.74. The molecule has 0 spiro atoms. The van der Waals surface area contributed by atoms with Crippen LogP contribution in [-0.2, 0) is 14.3 Å². The minimum Gasteiger partial charge on any atom is -0.462 e. The Hall–Kier alpha value is -1.12. The lowest BCUT2D eigenvalue weighted by Crippen LogP contribution is -2.55. The van der Waals surface area contributed by atoms with Gasteiger partial charge in [0.25, 0.3) is 0 Å². The lowest BCUT2D eigenvalue weighted by Gasteiger charge is -2.59. The number of carbonyl (C=O) groups is 2. The molecule has 144 valence electrons. The zero-order valence-corrected chi connectivity index (χ0v) is 16.8. The van der Waals surface area contributed by atoms with Crippen molar-refractivity contribution in [2.24, 2.45) is 34.5 Å². The Morgan fingerprint density at radius 2 is 1.85 bits per heavy atom. The average molecular weight is 359 g/mol. The molecular formula is C23H34O3. The van der Waals surface area contributed by atoms with Gasteiger partial charge < -0.3 is 4.74 Å². The molecule has 0 bridgehead atoms. The minimum absolute atomic E-state index is 0.00246. The third-order valence-corrected chi connectivity index (χ3v) is 8.92. The van der Waals surface area contributed by atoms with E-state index in [0.29, 0.717) is 23.5 Å². The van der Waals surface area contributed by atoms with Crippen LogP contribution in [0.3, 0.4) is 0 Å². The number of hydrogen-bond donors (Lipinski definition) is 0. The number of ether oxygens (including phenoxy) is 1. The van der Waals surface area contributed by atoms with Crippen molar-refractivity contribution in [3.05, 3.63) is 11.6 Å². The van der Waals surface area contributed by atoms with Gasteiger partial charge in [-0.05, 0) is 81.5 Å². The Labute approximate surface area is 157 Å². The molecule has 0 aromatic rings. The van der Waals surface area contributed by atoms with Crippen LogP contribution in [0.2, 0.25) is 0 Å². The lowest BCUT2D eigenvalue weighted by atomic mass is 9.46. The van der Waals surface area contributed by atoms with Crippen molar-refractivity contribution in [2.45, 2.75) is 85.2 Å². The van der Waals surface area contributed by atoms with Crippen molar-refractivity contribution in [1.29, 1.82) is 0 Å². The Morgan fingerprint density at radius 1 is 1.08 bits per heavy atom. The van der Waals surface area contributed by atoms with Gasteiger partial charge in [0.15, 0.2) is 0 Å². The van der Waals surface area contributed by atoms with E-state index in [9.17, 15) is 9.59 Å². The zero-order chi connectivity index (χ0) is 18.7. The molecule has 0 aromatic carbocycles. The Balaban J connectivity index is 1.69. The molecule has 3 heteroatoms. The molecule has 0 saturated heterocycles. The summed E-state index contributed by atoms with van der Waals surface area (Å²) in [4.78, 5) is 24.0. The van der Waals surface area contributed by atoms with Gasteiger partial charge in [0.1, 0.15) is 11.9 Å². The summed E-state index contributed by atoms with van der Waals surface area (Å²) in [5.74, 6) is 2.38. The number of carbonyl (C=O) groups excluding carboxylic acids is 2. The number of allylic oxidation sites excluding steroid dienone is 1. The molecule has 4 aliphatic rings.